The molecule has 4 rings (SSSR count). The van der Waals surface area contributed by atoms with E-state index in [0.29, 0.717) is 0 Å². The minimum Gasteiger partial charge on any atom is -0.492 e. The van der Waals surface area contributed by atoms with E-state index >= 15 is 0 Å². The number of piperidine rings is 1. The van der Waals surface area contributed by atoms with Crippen LogP contribution in [0, 0.1) is 0 Å². The van der Waals surface area contributed by atoms with Crippen LogP contribution in [0.25, 0.3) is 0 Å². The van der Waals surface area contributed by atoms with E-state index in [0.717, 1.165) is 37.8 Å². The first-order valence-corrected chi connectivity index (χ1v) is 15.5. The average Bonchev–Trinajstić information content (AvgIpc) is 3.18. The molecule has 0 atom stereocenters. The second kappa shape index (κ2) is 15.7. The second-order valence-electron chi connectivity index (χ2n) is 13.4. The fourth-order valence-electron chi connectivity index (χ4n) is 5.23. The molecule has 0 N–H and O–H groups in total. The third kappa shape index (κ3) is 11.9. The van der Waals surface area contributed by atoms with E-state index < -0.39 is 0 Å². The van der Waals surface area contributed by atoms with Gasteiger partial charge in [-0.3, -0.25) is 9.80 Å². The van der Waals surface area contributed by atoms with Crippen molar-refractivity contribution in [3.63, 3.8) is 0 Å². The molecule has 2 saturated heterocycles. The van der Waals surface area contributed by atoms with Crippen LogP contribution in [-0.2, 0) is 10.8 Å². The Morgan fingerprint density at radius 3 is 1.10 bits per heavy atom. The van der Waals surface area contributed by atoms with Crippen LogP contribution in [0.4, 0.5) is 0 Å². The largest absolute Gasteiger partial charge is 0.492 e. The zero-order chi connectivity index (χ0) is 28.1. The molecule has 4 heteroatoms. The van der Waals surface area contributed by atoms with Crippen molar-refractivity contribution < 1.29 is 9.47 Å². The number of benzene rings is 2. The molecule has 0 saturated carbocycles. The first-order valence-electron chi connectivity index (χ1n) is 15.5. The molecular formula is C35H56N2O2. The topological polar surface area (TPSA) is 24.9 Å². The van der Waals surface area contributed by atoms with Crippen molar-refractivity contribution in [2.24, 2.45) is 0 Å². The molecule has 0 aliphatic carbocycles. The lowest BCUT2D eigenvalue weighted by Gasteiger charge is -2.26. The molecule has 4 nitrogen and oxygen atoms in total. The first kappa shape index (κ1) is 31.5. The average molecular weight is 537 g/mol. The van der Waals surface area contributed by atoms with E-state index in [4.69, 9.17) is 9.47 Å². The van der Waals surface area contributed by atoms with Crippen molar-refractivity contribution in [2.75, 3.05) is 52.5 Å². The third-order valence-electron chi connectivity index (χ3n) is 7.94. The first-order chi connectivity index (χ1) is 18.6. The molecule has 0 unspecified atom stereocenters. The summed E-state index contributed by atoms with van der Waals surface area (Å²) in [6.07, 6.45) is 9.57. The summed E-state index contributed by atoms with van der Waals surface area (Å²) in [5.41, 5.74) is 3.14. The Balaban J connectivity index is 0.000000216. The summed E-state index contributed by atoms with van der Waals surface area (Å²) in [7, 11) is 0. The zero-order valence-corrected chi connectivity index (χ0v) is 25.9. The number of ether oxygens (including phenoxy) is 2. The molecule has 0 radical (unpaired) electrons. The SMILES string of the molecule is CC(C)(C)c1ccc(OCCN2CCCCC2)cc1.CC(C)(C)c1ccc(OCCN2CCCCCC2)cc1. The highest BCUT2D eigenvalue weighted by Crippen LogP contribution is 2.25. The molecular weight excluding hydrogens is 480 g/mol. The fourth-order valence-corrected chi connectivity index (χ4v) is 5.23. The highest BCUT2D eigenvalue weighted by molar-refractivity contribution is 5.32. The summed E-state index contributed by atoms with van der Waals surface area (Å²) < 4.78 is 11.7. The second-order valence-corrected chi connectivity index (χ2v) is 13.4. The van der Waals surface area contributed by atoms with E-state index in [1.54, 1.807) is 0 Å². The van der Waals surface area contributed by atoms with Gasteiger partial charge in [-0.15, -0.1) is 0 Å². The normalized spacial score (nSPS) is 17.6. The monoisotopic (exact) mass is 536 g/mol. The van der Waals surface area contributed by atoms with Crippen molar-refractivity contribution in [3.8, 4) is 11.5 Å². The number of hydrogen-bond donors (Lipinski definition) is 0. The zero-order valence-electron chi connectivity index (χ0n) is 25.9. The predicted octanol–water partition coefficient (Wildman–Crippen LogP) is 8.09. The lowest BCUT2D eigenvalue weighted by molar-refractivity contribution is 0.183. The molecule has 2 aromatic rings. The molecule has 0 bridgehead atoms. The van der Waals surface area contributed by atoms with Crippen molar-refractivity contribution in [1.82, 2.24) is 9.80 Å². The van der Waals surface area contributed by atoms with Crippen LogP contribution in [0.2, 0.25) is 0 Å². The fraction of sp³-hybridized carbons (Fsp3) is 0.657. The Hall–Kier alpha value is -2.04. The summed E-state index contributed by atoms with van der Waals surface area (Å²) in [5, 5.41) is 0. The van der Waals surface area contributed by atoms with Crippen LogP contribution in [0.3, 0.4) is 0 Å². The number of likely N-dealkylation sites (tertiary alicyclic amines) is 2. The van der Waals surface area contributed by atoms with Gasteiger partial charge in [-0.2, -0.15) is 0 Å². The van der Waals surface area contributed by atoms with Crippen LogP contribution in [0.15, 0.2) is 48.5 Å². The van der Waals surface area contributed by atoms with Crippen molar-refractivity contribution in [3.05, 3.63) is 59.7 Å². The molecule has 2 aromatic carbocycles. The Labute approximate surface area is 240 Å². The lowest BCUT2D eigenvalue weighted by Crippen LogP contribution is -2.33. The summed E-state index contributed by atoms with van der Waals surface area (Å²) in [5.74, 6) is 1.98. The quantitative estimate of drug-likeness (QED) is 0.340. The minimum atomic E-state index is 0.213. The maximum absolute atomic E-state index is 5.88. The van der Waals surface area contributed by atoms with Gasteiger partial charge in [0.25, 0.3) is 0 Å². The van der Waals surface area contributed by atoms with Gasteiger partial charge in [-0.1, -0.05) is 85.1 Å². The molecule has 39 heavy (non-hydrogen) atoms. The third-order valence-corrected chi connectivity index (χ3v) is 7.94. The highest BCUT2D eigenvalue weighted by Gasteiger charge is 2.14. The van der Waals surface area contributed by atoms with E-state index in [1.807, 2.05) is 0 Å². The molecule has 0 amide bonds. The van der Waals surface area contributed by atoms with E-state index in [9.17, 15) is 0 Å². The van der Waals surface area contributed by atoms with E-state index in [-0.39, 0.29) is 10.8 Å². The highest BCUT2D eigenvalue weighted by atomic mass is 16.5. The van der Waals surface area contributed by atoms with Gasteiger partial charge in [0.1, 0.15) is 24.7 Å². The molecule has 0 aromatic heterocycles. The van der Waals surface area contributed by atoms with Gasteiger partial charge >= 0.3 is 0 Å². The van der Waals surface area contributed by atoms with Crippen LogP contribution < -0.4 is 9.47 Å². The van der Waals surface area contributed by atoms with E-state index in [1.165, 1.54) is 82.3 Å². The standard InChI is InChI=1S/C18H29NO.C17H27NO/c1-18(2,3)16-8-10-17(11-9-16)20-15-14-19-12-6-4-5-7-13-19;1-17(2,3)15-7-9-16(10-8-15)19-14-13-18-11-5-4-6-12-18/h8-11H,4-7,12-15H2,1-3H3;7-10H,4-6,11-14H2,1-3H3. The molecule has 0 spiro atoms. The Kier molecular flexibility index (Phi) is 12.7. The van der Waals surface area contributed by atoms with Crippen LogP contribution in [-0.4, -0.2) is 62.3 Å². The van der Waals surface area contributed by atoms with Gasteiger partial charge in [0.05, 0.1) is 0 Å². The predicted molar refractivity (Wildman–Crippen MR) is 166 cm³/mol. The summed E-state index contributed by atoms with van der Waals surface area (Å²) in [4.78, 5) is 5.05. The summed E-state index contributed by atoms with van der Waals surface area (Å²) >= 11 is 0. The van der Waals surface area contributed by atoms with Crippen molar-refractivity contribution in [2.45, 2.75) is 97.3 Å². The Bertz CT molecular complexity index is 911. The maximum atomic E-state index is 5.88. The minimum absolute atomic E-state index is 0.213. The Morgan fingerprint density at radius 1 is 0.487 bits per heavy atom. The van der Waals surface area contributed by atoms with Gasteiger partial charge in [-0.05, 0) is 98.1 Å². The molecule has 218 valence electrons. The number of rotatable bonds is 8. The van der Waals surface area contributed by atoms with Gasteiger partial charge in [0.15, 0.2) is 0 Å². The maximum Gasteiger partial charge on any atom is 0.119 e. The van der Waals surface area contributed by atoms with Gasteiger partial charge in [0.2, 0.25) is 0 Å². The number of hydrogen-bond acceptors (Lipinski definition) is 4. The van der Waals surface area contributed by atoms with Crippen LogP contribution in [0.1, 0.15) is 97.6 Å². The summed E-state index contributed by atoms with van der Waals surface area (Å²) in [6, 6.07) is 17.1. The molecule has 2 aliphatic heterocycles. The lowest BCUT2D eigenvalue weighted by atomic mass is 9.87. The van der Waals surface area contributed by atoms with Crippen molar-refractivity contribution in [1.29, 1.82) is 0 Å². The summed E-state index contributed by atoms with van der Waals surface area (Å²) in [6.45, 7) is 22.1. The van der Waals surface area contributed by atoms with Gasteiger partial charge in [0, 0.05) is 13.1 Å². The smallest absolute Gasteiger partial charge is 0.119 e. The van der Waals surface area contributed by atoms with Crippen LogP contribution >= 0.6 is 0 Å². The Morgan fingerprint density at radius 2 is 0.795 bits per heavy atom. The van der Waals surface area contributed by atoms with Crippen molar-refractivity contribution >= 4 is 0 Å². The van der Waals surface area contributed by atoms with E-state index in [2.05, 4.69) is 99.9 Å². The van der Waals surface area contributed by atoms with Gasteiger partial charge < -0.3 is 9.47 Å². The number of nitrogens with zero attached hydrogens (tertiary/aromatic N) is 2. The van der Waals surface area contributed by atoms with Gasteiger partial charge in [-0.25, -0.2) is 0 Å². The molecule has 2 heterocycles. The molecule has 2 fully saturated rings. The molecule has 2 aliphatic rings. The van der Waals surface area contributed by atoms with Crippen LogP contribution in [0.5, 0.6) is 11.5 Å².